The van der Waals surface area contributed by atoms with Gasteiger partial charge < -0.3 is 14.8 Å². The maximum absolute atomic E-state index is 12.6. The summed E-state index contributed by atoms with van der Waals surface area (Å²) in [7, 11) is 1.52. The molecule has 0 saturated heterocycles. The molecule has 0 spiro atoms. The van der Waals surface area contributed by atoms with Crippen molar-refractivity contribution in [1.82, 2.24) is 0 Å². The third-order valence-electron chi connectivity index (χ3n) is 4.29. The molecule has 3 aromatic rings. The Balaban J connectivity index is 1.86. The zero-order chi connectivity index (χ0) is 22.2. The van der Waals surface area contributed by atoms with Gasteiger partial charge in [0.2, 0.25) is 0 Å². The highest BCUT2D eigenvalue weighted by Gasteiger charge is 2.14. The number of ether oxygens (including phenoxy) is 2. The van der Waals surface area contributed by atoms with E-state index in [0.29, 0.717) is 32.8 Å². The first-order valence-corrected chi connectivity index (χ1v) is 9.98. The zero-order valence-electron chi connectivity index (χ0n) is 16.6. The van der Waals surface area contributed by atoms with Crippen LogP contribution in [0.1, 0.15) is 11.1 Å². The number of carbonyl (C=O) groups is 1. The summed E-state index contributed by atoms with van der Waals surface area (Å²) in [6.45, 7) is 0.261. The van der Waals surface area contributed by atoms with Gasteiger partial charge in [0, 0.05) is 21.3 Å². The zero-order valence-corrected chi connectivity index (χ0v) is 18.1. The molecule has 3 rings (SSSR count). The Bertz CT molecular complexity index is 1130. The maximum Gasteiger partial charge on any atom is 0.266 e. The predicted octanol–water partition coefficient (Wildman–Crippen LogP) is 6.13. The summed E-state index contributed by atoms with van der Waals surface area (Å²) in [6, 6.07) is 21.1. The van der Waals surface area contributed by atoms with Crippen molar-refractivity contribution in [3.05, 3.63) is 93.5 Å². The van der Waals surface area contributed by atoms with Gasteiger partial charge in [-0.15, -0.1) is 0 Å². The number of rotatable bonds is 7. The van der Waals surface area contributed by atoms with E-state index in [9.17, 15) is 10.1 Å². The molecule has 0 atom stereocenters. The first kappa shape index (κ1) is 22.2. The summed E-state index contributed by atoms with van der Waals surface area (Å²) in [5, 5.41) is 13.4. The van der Waals surface area contributed by atoms with Crippen molar-refractivity contribution in [2.45, 2.75) is 6.61 Å². The van der Waals surface area contributed by atoms with Crippen LogP contribution in [0.15, 0.2) is 72.3 Å². The van der Waals surface area contributed by atoms with Gasteiger partial charge in [-0.1, -0.05) is 47.5 Å². The number of halogens is 2. The third-order valence-corrected chi connectivity index (χ3v) is 4.80. The van der Waals surface area contributed by atoms with Crippen LogP contribution in [0.25, 0.3) is 6.08 Å². The summed E-state index contributed by atoms with van der Waals surface area (Å²) in [5.41, 5.74) is 1.89. The maximum atomic E-state index is 12.6. The second-order valence-electron chi connectivity index (χ2n) is 6.42. The molecule has 0 aliphatic heterocycles. The molecule has 0 fully saturated rings. The van der Waals surface area contributed by atoms with Crippen molar-refractivity contribution >= 4 is 40.9 Å². The summed E-state index contributed by atoms with van der Waals surface area (Å²) in [4.78, 5) is 12.6. The molecule has 0 aliphatic carbocycles. The number of nitriles is 1. The molecule has 0 radical (unpaired) electrons. The quantitative estimate of drug-likeness (QED) is 0.345. The molecule has 3 aromatic carbocycles. The summed E-state index contributed by atoms with van der Waals surface area (Å²) < 4.78 is 11.4. The van der Waals surface area contributed by atoms with E-state index in [1.807, 2.05) is 18.2 Å². The average molecular weight is 453 g/mol. The van der Waals surface area contributed by atoms with Crippen molar-refractivity contribution in [1.29, 1.82) is 5.26 Å². The van der Waals surface area contributed by atoms with Gasteiger partial charge in [0.05, 0.1) is 7.11 Å². The number of para-hydroxylation sites is 1. The average Bonchev–Trinajstić information content (AvgIpc) is 2.78. The first-order chi connectivity index (χ1) is 15.0. The molecule has 5 nitrogen and oxygen atoms in total. The highest BCUT2D eigenvalue weighted by molar-refractivity contribution is 6.30. The smallest absolute Gasteiger partial charge is 0.266 e. The van der Waals surface area contributed by atoms with E-state index in [0.717, 1.165) is 5.56 Å². The highest BCUT2D eigenvalue weighted by atomic mass is 35.5. The van der Waals surface area contributed by atoms with E-state index in [4.69, 9.17) is 32.7 Å². The third kappa shape index (κ3) is 6.02. The number of hydrogen-bond acceptors (Lipinski definition) is 4. The second kappa shape index (κ2) is 10.5. The van der Waals surface area contributed by atoms with Gasteiger partial charge in [-0.25, -0.2) is 0 Å². The Morgan fingerprint density at radius 3 is 2.29 bits per heavy atom. The Kier molecular flexibility index (Phi) is 7.55. The van der Waals surface area contributed by atoms with Crippen LogP contribution in [0.5, 0.6) is 11.5 Å². The van der Waals surface area contributed by atoms with E-state index < -0.39 is 5.91 Å². The Hall–Kier alpha value is -3.46. The number of carbonyl (C=O) groups excluding carboxylic acids is 1. The van der Waals surface area contributed by atoms with Gasteiger partial charge in [0.25, 0.3) is 5.91 Å². The minimum atomic E-state index is -0.545. The van der Waals surface area contributed by atoms with E-state index in [-0.39, 0.29) is 12.2 Å². The topological polar surface area (TPSA) is 71.3 Å². The Labute approximate surface area is 190 Å². The van der Waals surface area contributed by atoms with Gasteiger partial charge in [-0.3, -0.25) is 4.79 Å². The highest BCUT2D eigenvalue weighted by Crippen LogP contribution is 2.33. The lowest BCUT2D eigenvalue weighted by atomic mass is 10.1. The molecule has 0 saturated carbocycles. The molecule has 0 unspecified atom stereocenters. The standard InChI is InChI=1S/C24H18Cl2N2O3/c1-30-22-4-2-3-17(23(22)31-15-16-5-7-19(25)8-6-16)13-18(14-27)24(29)28-21-11-9-20(26)10-12-21/h2-13H,15H2,1H3,(H,28,29)/b18-13-. The van der Waals surface area contributed by atoms with Crippen LogP contribution >= 0.6 is 23.2 Å². The lowest BCUT2D eigenvalue weighted by Crippen LogP contribution is -2.13. The fraction of sp³-hybridized carbons (Fsp3) is 0.0833. The summed E-state index contributed by atoms with van der Waals surface area (Å²) in [6.07, 6.45) is 1.46. The number of methoxy groups -OCH3 is 1. The van der Waals surface area contributed by atoms with Crippen molar-refractivity contribution in [2.75, 3.05) is 12.4 Å². The van der Waals surface area contributed by atoms with Crippen LogP contribution < -0.4 is 14.8 Å². The Morgan fingerprint density at radius 2 is 1.68 bits per heavy atom. The van der Waals surface area contributed by atoms with E-state index >= 15 is 0 Å². The minimum Gasteiger partial charge on any atom is -0.493 e. The van der Waals surface area contributed by atoms with Gasteiger partial charge in [-0.2, -0.15) is 5.26 Å². The van der Waals surface area contributed by atoms with Gasteiger partial charge in [0.15, 0.2) is 11.5 Å². The molecule has 156 valence electrons. The number of amides is 1. The number of benzene rings is 3. The molecule has 0 bridgehead atoms. The van der Waals surface area contributed by atoms with E-state index in [1.54, 1.807) is 54.6 Å². The van der Waals surface area contributed by atoms with Crippen molar-refractivity contribution in [3.63, 3.8) is 0 Å². The molecule has 0 heterocycles. The molecule has 7 heteroatoms. The van der Waals surface area contributed by atoms with Crippen LogP contribution in [0.2, 0.25) is 10.0 Å². The summed E-state index contributed by atoms with van der Waals surface area (Å²) in [5.74, 6) is 0.362. The SMILES string of the molecule is COc1cccc(/C=C(/C#N)C(=O)Nc2ccc(Cl)cc2)c1OCc1ccc(Cl)cc1. The molecule has 31 heavy (non-hydrogen) atoms. The molecule has 1 amide bonds. The fourth-order valence-electron chi connectivity index (χ4n) is 2.73. The molecule has 0 aliphatic rings. The van der Waals surface area contributed by atoms with Crippen LogP contribution in [-0.2, 0) is 11.4 Å². The largest absolute Gasteiger partial charge is 0.493 e. The number of nitrogens with zero attached hydrogens (tertiary/aromatic N) is 1. The Morgan fingerprint density at radius 1 is 1.03 bits per heavy atom. The molecular formula is C24H18Cl2N2O3. The minimum absolute atomic E-state index is 0.0838. The van der Waals surface area contributed by atoms with Gasteiger partial charge in [0.1, 0.15) is 18.2 Å². The van der Waals surface area contributed by atoms with E-state index in [1.165, 1.54) is 13.2 Å². The van der Waals surface area contributed by atoms with Gasteiger partial charge in [-0.05, 0) is 54.1 Å². The second-order valence-corrected chi connectivity index (χ2v) is 7.30. The lowest BCUT2D eigenvalue weighted by molar-refractivity contribution is -0.112. The van der Waals surface area contributed by atoms with E-state index in [2.05, 4.69) is 5.32 Å². The normalized spacial score (nSPS) is 10.8. The summed E-state index contributed by atoms with van der Waals surface area (Å²) >= 11 is 11.8. The van der Waals surface area contributed by atoms with Crippen LogP contribution in [0, 0.1) is 11.3 Å². The molecule has 0 aromatic heterocycles. The van der Waals surface area contributed by atoms with Crippen LogP contribution in [0.4, 0.5) is 5.69 Å². The predicted molar refractivity (Wildman–Crippen MR) is 122 cm³/mol. The first-order valence-electron chi connectivity index (χ1n) is 9.23. The van der Waals surface area contributed by atoms with Crippen molar-refractivity contribution in [3.8, 4) is 17.6 Å². The number of hydrogen-bond donors (Lipinski definition) is 1. The van der Waals surface area contributed by atoms with Crippen molar-refractivity contribution in [2.24, 2.45) is 0 Å². The molecule has 1 N–H and O–H groups in total. The number of anilines is 1. The monoisotopic (exact) mass is 452 g/mol. The molecular weight excluding hydrogens is 435 g/mol. The fourth-order valence-corrected chi connectivity index (χ4v) is 2.99. The lowest BCUT2D eigenvalue weighted by Gasteiger charge is -2.14. The van der Waals surface area contributed by atoms with Crippen LogP contribution in [-0.4, -0.2) is 13.0 Å². The number of nitrogens with one attached hydrogen (secondary N) is 1. The van der Waals surface area contributed by atoms with Crippen molar-refractivity contribution < 1.29 is 14.3 Å². The van der Waals surface area contributed by atoms with Gasteiger partial charge >= 0.3 is 0 Å². The van der Waals surface area contributed by atoms with Crippen LogP contribution in [0.3, 0.4) is 0 Å².